The predicted molar refractivity (Wildman–Crippen MR) is 116 cm³/mol. The summed E-state index contributed by atoms with van der Waals surface area (Å²) in [7, 11) is 4.14. The number of alkyl carbamates (subject to hydrolysis) is 1. The summed E-state index contributed by atoms with van der Waals surface area (Å²) in [5, 5.41) is 5.69. The minimum atomic E-state index is -0.557. The van der Waals surface area contributed by atoms with Gasteiger partial charge in [0, 0.05) is 24.5 Å². The first-order valence-corrected chi connectivity index (χ1v) is 10.7. The van der Waals surface area contributed by atoms with Crippen LogP contribution in [0.15, 0.2) is 24.3 Å². The zero-order chi connectivity index (χ0) is 22.4. The highest BCUT2D eigenvalue weighted by Gasteiger charge is 2.37. The number of halogens is 1. The number of carbonyl (C=O) groups is 2. The quantitative estimate of drug-likeness (QED) is 0.705. The van der Waals surface area contributed by atoms with Crippen molar-refractivity contribution >= 4 is 12.0 Å². The third-order valence-corrected chi connectivity index (χ3v) is 5.67. The van der Waals surface area contributed by atoms with E-state index in [9.17, 15) is 14.0 Å². The Morgan fingerprint density at radius 3 is 2.47 bits per heavy atom. The van der Waals surface area contributed by atoms with Crippen molar-refractivity contribution in [3.05, 3.63) is 35.6 Å². The van der Waals surface area contributed by atoms with Gasteiger partial charge >= 0.3 is 6.09 Å². The molecule has 1 saturated carbocycles. The second-order valence-electron chi connectivity index (χ2n) is 9.45. The van der Waals surface area contributed by atoms with E-state index in [2.05, 4.69) is 29.6 Å². The highest BCUT2D eigenvalue weighted by molar-refractivity contribution is 5.77. The molecule has 6 nitrogen and oxygen atoms in total. The van der Waals surface area contributed by atoms with Gasteiger partial charge in [-0.25, -0.2) is 9.18 Å². The molecule has 2 amide bonds. The summed E-state index contributed by atoms with van der Waals surface area (Å²) in [6.45, 7) is 5.63. The van der Waals surface area contributed by atoms with Gasteiger partial charge in [0.1, 0.15) is 11.4 Å². The number of nitrogens with one attached hydrogen (secondary N) is 2. The minimum absolute atomic E-state index is 0.0344. The highest BCUT2D eigenvalue weighted by atomic mass is 19.1. The lowest BCUT2D eigenvalue weighted by molar-refractivity contribution is -0.122. The summed E-state index contributed by atoms with van der Waals surface area (Å²) < 4.78 is 18.8. The molecule has 1 aromatic carbocycles. The first-order valence-electron chi connectivity index (χ1n) is 10.7. The molecule has 1 aromatic rings. The van der Waals surface area contributed by atoms with Gasteiger partial charge in [0.2, 0.25) is 5.91 Å². The molecule has 168 valence electrons. The largest absolute Gasteiger partial charge is 0.444 e. The Kier molecular flexibility index (Phi) is 8.24. The molecule has 2 N–H and O–H groups in total. The van der Waals surface area contributed by atoms with E-state index in [0.717, 1.165) is 37.7 Å². The average Bonchev–Trinajstić information content (AvgIpc) is 2.62. The number of nitrogens with zero attached hydrogens (tertiary/aromatic N) is 1. The summed E-state index contributed by atoms with van der Waals surface area (Å²) in [6, 6.07) is 6.93. The monoisotopic (exact) mass is 421 g/mol. The fourth-order valence-electron chi connectivity index (χ4n) is 4.00. The third kappa shape index (κ3) is 7.59. The van der Waals surface area contributed by atoms with Crippen LogP contribution in [0.1, 0.15) is 58.4 Å². The number of hydrogen-bond donors (Lipinski definition) is 2. The Morgan fingerprint density at radius 2 is 1.90 bits per heavy atom. The molecule has 0 spiro atoms. The maximum atomic E-state index is 13.6. The molecule has 1 aliphatic carbocycles. The van der Waals surface area contributed by atoms with E-state index < -0.39 is 11.7 Å². The molecule has 2 rings (SSSR count). The molecule has 0 heterocycles. The summed E-state index contributed by atoms with van der Waals surface area (Å²) in [5.41, 5.74) is 0.408. The molecule has 1 fully saturated rings. The van der Waals surface area contributed by atoms with E-state index in [4.69, 9.17) is 4.74 Å². The number of amides is 2. The standard InChI is InChI=1S/C23H36FN3O3/c1-22(2,3)30-21(29)25-14-11-20(28)26-19-9-12-23(13-10-19,27(4)5)16-17-7-6-8-18(24)15-17/h6-8,15,19H,9-14,16H2,1-5H3,(H,25,29)(H,26,28). The molecule has 1 aliphatic rings. The second-order valence-corrected chi connectivity index (χ2v) is 9.45. The van der Waals surface area contributed by atoms with Gasteiger partial charge in [-0.15, -0.1) is 0 Å². The molecule has 0 aromatic heterocycles. The van der Waals surface area contributed by atoms with Crippen LogP contribution in [0.25, 0.3) is 0 Å². The van der Waals surface area contributed by atoms with Crippen molar-refractivity contribution < 1.29 is 18.7 Å². The first kappa shape index (κ1) is 24.1. The molecule has 30 heavy (non-hydrogen) atoms. The SMILES string of the molecule is CN(C)C1(Cc2cccc(F)c2)CCC(NC(=O)CCNC(=O)OC(C)(C)C)CC1. The van der Waals surface area contributed by atoms with E-state index in [1.54, 1.807) is 32.9 Å². The van der Waals surface area contributed by atoms with E-state index in [1.165, 1.54) is 6.07 Å². The van der Waals surface area contributed by atoms with Crippen LogP contribution in [0.5, 0.6) is 0 Å². The van der Waals surface area contributed by atoms with Crippen molar-refractivity contribution in [2.75, 3.05) is 20.6 Å². The zero-order valence-electron chi connectivity index (χ0n) is 18.9. The van der Waals surface area contributed by atoms with Gasteiger partial charge in [-0.2, -0.15) is 0 Å². The summed E-state index contributed by atoms with van der Waals surface area (Å²) in [6.07, 6.45) is 4.10. The predicted octanol–water partition coefficient (Wildman–Crippen LogP) is 3.64. The summed E-state index contributed by atoms with van der Waals surface area (Å²) in [4.78, 5) is 26.1. The second kappa shape index (κ2) is 10.2. The first-order chi connectivity index (χ1) is 14.0. The van der Waals surface area contributed by atoms with Crippen molar-refractivity contribution in [2.24, 2.45) is 0 Å². The number of benzene rings is 1. The van der Waals surface area contributed by atoms with Crippen LogP contribution in [0.4, 0.5) is 9.18 Å². The highest BCUT2D eigenvalue weighted by Crippen LogP contribution is 2.35. The minimum Gasteiger partial charge on any atom is -0.444 e. The topological polar surface area (TPSA) is 70.7 Å². The number of rotatable bonds is 7. The van der Waals surface area contributed by atoms with Crippen LogP contribution in [-0.4, -0.2) is 54.7 Å². The summed E-state index contributed by atoms with van der Waals surface area (Å²) in [5.74, 6) is -0.277. The van der Waals surface area contributed by atoms with Crippen molar-refractivity contribution in [1.29, 1.82) is 0 Å². The van der Waals surface area contributed by atoms with Gasteiger partial charge in [-0.3, -0.25) is 4.79 Å². The van der Waals surface area contributed by atoms with E-state index in [1.807, 2.05) is 6.07 Å². The number of carbonyl (C=O) groups excluding carboxylic acids is 2. The van der Waals surface area contributed by atoms with Crippen LogP contribution < -0.4 is 10.6 Å². The lowest BCUT2D eigenvalue weighted by Crippen LogP contribution is -2.52. The van der Waals surface area contributed by atoms with Gasteiger partial charge in [0.25, 0.3) is 0 Å². The molecule has 0 unspecified atom stereocenters. The van der Waals surface area contributed by atoms with Crippen molar-refractivity contribution in [1.82, 2.24) is 15.5 Å². The lowest BCUT2D eigenvalue weighted by atomic mass is 9.75. The van der Waals surface area contributed by atoms with E-state index in [0.29, 0.717) is 0 Å². The maximum absolute atomic E-state index is 13.6. The van der Waals surface area contributed by atoms with Gasteiger partial charge < -0.3 is 20.3 Å². The molecule has 0 bridgehead atoms. The van der Waals surface area contributed by atoms with E-state index >= 15 is 0 Å². The van der Waals surface area contributed by atoms with Crippen molar-refractivity contribution in [3.63, 3.8) is 0 Å². The molecule has 0 atom stereocenters. The van der Waals surface area contributed by atoms with Crippen LogP contribution in [0, 0.1) is 5.82 Å². The molecule has 0 radical (unpaired) electrons. The summed E-state index contributed by atoms with van der Waals surface area (Å²) >= 11 is 0. The van der Waals surface area contributed by atoms with Crippen LogP contribution in [0.2, 0.25) is 0 Å². The smallest absolute Gasteiger partial charge is 0.407 e. The van der Waals surface area contributed by atoms with E-state index in [-0.39, 0.29) is 36.3 Å². The number of ether oxygens (including phenoxy) is 1. The van der Waals surface area contributed by atoms with Gasteiger partial charge in [0.15, 0.2) is 0 Å². The zero-order valence-corrected chi connectivity index (χ0v) is 18.9. The lowest BCUT2D eigenvalue weighted by Gasteiger charge is -2.45. The number of likely N-dealkylation sites (N-methyl/N-ethyl adjacent to an activating group) is 1. The Bertz CT molecular complexity index is 723. The maximum Gasteiger partial charge on any atom is 0.407 e. The Balaban J connectivity index is 1.79. The van der Waals surface area contributed by atoms with Gasteiger partial charge in [-0.1, -0.05) is 12.1 Å². The van der Waals surface area contributed by atoms with Crippen molar-refractivity contribution in [3.8, 4) is 0 Å². The molecular formula is C23H36FN3O3. The van der Waals surface area contributed by atoms with Crippen LogP contribution in [0.3, 0.4) is 0 Å². The van der Waals surface area contributed by atoms with Gasteiger partial charge in [0.05, 0.1) is 0 Å². The Labute approximate surface area is 179 Å². The fourth-order valence-corrected chi connectivity index (χ4v) is 4.00. The molecule has 7 heteroatoms. The Morgan fingerprint density at radius 1 is 1.23 bits per heavy atom. The van der Waals surface area contributed by atoms with Crippen LogP contribution in [-0.2, 0) is 16.0 Å². The van der Waals surface area contributed by atoms with Crippen LogP contribution >= 0.6 is 0 Å². The Hall–Kier alpha value is -2.15. The molecule has 0 aliphatic heterocycles. The van der Waals surface area contributed by atoms with Crippen molar-refractivity contribution in [2.45, 2.75) is 76.5 Å². The molecular weight excluding hydrogens is 385 g/mol. The average molecular weight is 422 g/mol. The fraction of sp³-hybridized carbons (Fsp3) is 0.652. The number of hydrogen-bond acceptors (Lipinski definition) is 4. The normalized spacial score (nSPS) is 21.9. The van der Waals surface area contributed by atoms with Gasteiger partial charge in [-0.05, 0) is 84.7 Å². The molecule has 0 saturated heterocycles. The third-order valence-electron chi connectivity index (χ3n) is 5.67.